The van der Waals surface area contributed by atoms with E-state index in [0.717, 1.165) is 46.2 Å². The molecule has 0 spiro atoms. The molecular weight excluding hydrogens is 864 g/mol. The molecule has 0 unspecified atom stereocenters. The van der Waals surface area contributed by atoms with Gasteiger partial charge < -0.3 is 21.3 Å². The number of anilines is 2. The van der Waals surface area contributed by atoms with Gasteiger partial charge in [-0.2, -0.15) is 10.2 Å². The SMILES string of the molecule is Cc1ccc(CCN[C@@H](C(=O)Nc2ccc(-c3cnn(C)c3)c(Cl)c2)c2ccccc2)cc1.Cc1ccc(CCN[C@H](C(=O)Nc2ccc(-c3cnn(C)c3)c(Cl)c2)c2ccccc2)cc1. The van der Waals surface area contributed by atoms with Gasteiger partial charge in [0, 0.05) is 73.2 Å². The second-order valence-electron chi connectivity index (χ2n) is 16.2. The predicted molar refractivity (Wildman–Crippen MR) is 269 cm³/mol. The van der Waals surface area contributed by atoms with Gasteiger partial charge in [0.1, 0.15) is 12.1 Å². The number of aryl methyl sites for hydroxylation is 4. The number of halogens is 2. The van der Waals surface area contributed by atoms with E-state index < -0.39 is 12.1 Å². The molecule has 2 aromatic heterocycles. The highest BCUT2D eigenvalue weighted by Gasteiger charge is 2.22. The Labute approximate surface area is 397 Å². The van der Waals surface area contributed by atoms with Crippen LogP contribution in [0.25, 0.3) is 22.3 Å². The third-order valence-corrected chi connectivity index (χ3v) is 11.7. The number of carbonyl (C=O) groups is 2. The smallest absolute Gasteiger partial charge is 0.246 e. The second kappa shape index (κ2) is 22.9. The van der Waals surface area contributed by atoms with Crippen LogP contribution in [0.15, 0.2) is 170 Å². The summed E-state index contributed by atoms with van der Waals surface area (Å²) in [5.74, 6) is -0.259. The summed E-state index contributed by atoms with van der Waals surface area (Å²) in [4.78, 5) is 26.5. The molecule has 2 heterocycles. The quantitative estimate of drug-likeness (QED) is 0.0767. The van der Waals surface area contributed by atoms with E-state index in [-0.39, 0.29) is 11.8 Å². The first-order valence-corrected chi connectivity index (χ1v) is 22.6. The van der Waals surface area contributed by atoms with Crippen molar-refractivity contribution in [1.82, 2.24) is 30.2 Å². The van der Waals surface area contributed by atoms with Crippen molar-refractivity contribution < 1.29 is 9.59 Å². The van der Waals surface area contributed by atoms with Gasteiger partial charge in [-0.15, -0.1) is 0 Å². The fraction of sp³-hybridized carbons (Fsp3) is 0.185. The third-order valence-electron chi connectivity index (χ3n) is 11.1. The van der Waals surface area contributed by atoms with Gasteiger partial charge in [0.2, 0.25) is 11.8 Å². The minimum atomic E-state index is -0.478. The first kappa shape index (κ1) is 47.2. The van der Waals surface area contributed by atoms with Crippen LogP contribution in [0.3, 0.4) is 0 Å². The maximum Gasteiger partial charge on any atom is 0.246 e. The zero-order valence-electron chi connectivity index (χ0n) is 37.5. The van der Waals surface area contributed by atoms with E-state index in [1.165, 1.54) is 22.3 Å². The van der Waals surface area contributed by atoms with E-state index in [1.807, 2.05) is 111 Å². The predicted octanol–water partition coefficient (Wildman–Crippen LogP) is 11.1. The Kier molecular flexibility index (Phi) is 16.3. The lowest BCUT2D eigenvalue weighted by molar-refractivity contribution is -0.119. The van der Waals surface area contributed by atoms with Gasteiger partial charge in [0.25, 0.3) is 0 Å². The van der Waals surface area contributed by atoms with Crippen LogP contribution in [-0.4, -0.2) is 44.5 Å². The highest BCUT2D eigenvalue weighted by molar-refractivity contribution is 6.34. The van der Waals surface area contributed by atoms with Crippen LogP contribution in [0.2, 0.25) is 10.0 Å². The lowest BCUT2D eigenvalue weighted by Crippen LogP contribution is -2.34. The molecule has 8 rings (SSSR count). The lowest BCUT2D eigenvalue weighted by Gasteiger charge is -2.19. The number of hydrogen-bond acceptors (Lipinski definition) is 6. The number of rotatable bonds is 16. The molecule has 2 atom stereocenters. The molecule has 336 valence electrons. The maximum atomic E-state index is 13.2. The monoisotopic (exact) mass is 916 g/mol. The summed E-state index contributed by atoms with van der Waals surface area (Å²) in [6.07, 6.45) is 9.02. The van der Waals surface area contributed by atoms with Gasteiger partial charge in [0.05, 0.1) is 22.4 Å². The Morgan fingerprint density at radius 2 is 0.909 bits per heavy atom. The van der Waals surface area contributed by atoms with Gasteiger partial charge in [-0.1, -0.05) is 156 Å². The number of amides is 2. The zero-order valence-corrected chi connectivity index (χ0v) is 39.0. The average molecular weight is 918 g/mol. The van der Waals surface area contributed by atoms with Gasteiger partial charge in [0.15, 0.2) is 0 Å². The molecule has 2 amide bonds. The van der Waals surface area contributed by atoms with Gasteiger partial charge in [-0.3, -0.25) is 19.0 Å². The Balaban J connectivity index is 0.000000196. The van der Waals surface area contributed by atoms with Crippen LogP contribution in [-0.2, 0) is 36.5 Å². The molecule has 10 nitrogen and oxygen atoms in total. The molecule has 0 fully saturated rings. The van der Waals surface area contributed by atoms with E-state index in [1.54, 1.807) is 33.9 Å². The summed E-state index contributed by atoms with van der Waals surface area (Å²) in [5, 5.41) is 22.4. The molecule has 12 heteroatoms. The first-order valence-electron chi connectivity index (χ1n) is 21.9. The van der Waals surface area contributed by atoms with Crippen molar-refractivity contribution in [2.75, 3.05) is 23.7 Å². The molecule has 0 saturated carbocycles. The van der Waals surface area contributed by atoms with E-state index in [0.29, 0.717) is 34.5 Å². The Hall–Kier alpha value is -6.82. The van der Waals surface area contributed by atoms with Crippen molar-refractivity contribution in [3.8, 4) is 22.3 Å². The fourth-order valence-corrected chi connectivity index (χ4v) is 8.03. The first-order chi connectivity index (χ1) is 32.0. The Morgan fingerprint density at radius 3 is 1.24 bits per heavy atom. The summed E-state index contributed by atoms with van der Waals surface area (Å²) < 4.78 is 3.46. The van der Waals surface area contributed by atoms with Crippen LogP contribution < -0.4 is 21.3 Å². The van der Waals surface area contributed by atoms with Crippen LogP contribution in [0.1, 0.15) is 45.5 Å². The number of hydrogen-bond donors (Lipinski definition) is 4. The number of carbonyl (C=O) groups excluding carboxylic acids is 2. The summed E-state index contributed by atoms with van der Waals surface area (Å²) in [7, 11) is 3.73. The minimum absolute atomic E-state index is 0.129. The number of nitrogens with zero attached hydrogens (tertiary/aromatic N) is 4. The van der Waals surface area contributed by atoms with Crippen LogP contribution in [0, 0.1) is 13.8 Å². The molecule has 0 radical (unpaired) electrons. The van der Waals surface area contributed by atoms with Crippen molar-refractivity contribution in [1.29, 1.82) is 0 Å². The number of nitrogens with one attached hydrogen (secondary N) is 4. The molecule has 0 aliphatic carbocycles. The van der Waals surface area contributed by atoms with E-state index in [4.69, 9.17) is 23.2 Å². The molecule has 6 aromatic carbocycles. The molecule has 0 saturated heterocycles. The fourth-order valence-electron chi connectivity index (χ4n) is 7.45. The molecule has 0 aliphatic heterocycles. The van der Waals surface area contributed by atoms with Gasteiger partial charge in [-0.25, -0.2) is 0 Å². The summed E-state index contributed by atoms with van der Waals surface area (Å²) in [6, 6.07) is 46.5. The topological polar surface area (TPSA) is 118 Å². The van der Waals surface area contributed by atoms with Crippen molar-refractivity contribution in [2.24, 2.45) is 14.1 Å². The maximum absolute atomic E-state index is 13.2. The van der Waals surface area contributed by atoms with Gasteiger partial charge >= 0.3 is 0 Å². The largest absolute Gasteiger partial charge is 0.324 e. The average Bonchev–Trinajstić information content (AvgIpc) is 3.96. The highest BCUT2D eigenvalue weighted by Crippen LogP contribution is 2.32. The summed E-state index contributed by atoms with van der Waals surface area (Å²) in [5.41, 5.74) is 11.7. The molecular formula is C54H54Cl2N8O2. The van der Waals surface area contributed by atoms with Crippen LogP contribution in [0.5, 0.6) is 0 Å². The van der Waals surface area contributed by atoms with Crippen LogP contribution in [0.4, 0.5) is 11.4 Å². The zero-order chi connectivity index (χ0) is 46.4. The van der Waals surface area contributed by atoms with Gasteiger partial charge in [-0.05, 0) is 73.2 Å². The van der Waals surface area contributed by atoms with Crippen molar-refractivity contribution >= 4 is 46.4 Å². The number of aromatic nitrogens is 4. The Bertz CT molecular complexity index is 2630. The van der Waals surface area contributed by atoms with E-state index in [9.17, 15) is 9.59 Å². The molecule has 66 heavy (non-hydrogen) atoms. The lowest BCUT2D eigenvalue weighted by atomic mass is 10.0. The Morgan fingerprint density at radius 1 is 0.530 bits per heavy atom. The number of benzene rings is 6. The highest BCUT2D eigenvalue weighted by atomic mass is 35.5. The molecule has 0 bridgehead atoms. The third kappa shape index (κ3) is 13.1. The standard InChI is InChI=1S/2C27H27ClN4O/c2*1-19-8-10-20(11-9-19)14-15-29-26(21-6-4-3-5-7-21)27(33)31-23-12-13-24(25(28)16-23)22-17-30-32(2)18-22/h2*3-13,16-18,26,29H,14-15H2,1-2H3,(H,31,33)/t2*26-/m10/s1. The van der Waals surface area contributed by atoms with E-state index in [2.05, 4.69) is 93.8 Å². The van der Waals surface area contributed by atoms with E-state index >= 15 is 0 Å². The minimum Gasteiger partial charge on any atom is -0.324 e. The normalized spacial score (nSPS) is 11.8. The summed E-state index contributed by atoms with van der Waals surface area (Å²) in [6.45, 7) is 5.51. The second-order valence-corrected chi connectivity index (χ2v) is 17.1. The van der Waals surface area contributed by atoms with Crippen molar-refractivity contribution in [3.05, 3.63) is 214 Å². The summed E-state index contributed by atoms with van der Waals surface area (Å²) >= 11 is 13.0. The molecule has 4 N–H and O–H groups in total. The van der Waals surface area contributed by atoms with Crippen molar-refractivity contribution in [3.63, 3.8) is 0 Å². The van der Waals surface area contributed by atoms with Crippen molar-refractivity contribution in [2.45, 2.75) is 38.8 Å². The molecule has 0 aliphatic rings. The molecule has 8 aromatic rings. The van der Waals surface area contributed by atoms with Crippen LogP contribution >= 0.6 is 23.2 Å².